The fourth-order valence-corrected chi connectivity index (χ4v) is 2.69. The predicted molar refractivity (Wildman–Crippen MR) is 85.9 cm³/mol. The molecule has 2 rings (SSSR count). The van der Waals surface area contributed by atoms with Crippen LogP contribution < -0.4 is 5.32 Å². The third-order valence-corrected chi connectivity index (χ3v) is 3.86. The van der Waals surface area contributed by atoms with Crippen molar-refractivity contribution >= 4 is 5.97 Å². The van der Waals surface area contributed by atoms with Crippen LogP contribution in [0.1, 0.15) is 46.7 Å². The molecular weight excluding hydrogens is 278 g/mol. The Bertz CT molecular complexity index is 645. The Morgan fingerprint density at radius 1 is 1.18 bits per heavy atom. The molecule has 2 aromatic rings. The topological polar surface area (TPSA) is 67.2 Å². The van der Waals surface area contributed by atoms with Crippen molar-refractivity contribution in [1.82, 2.24) is 15.1 Å². The van der Waals surface area contributed by atoms with E-state index in [9.17, 15) is 4.79 Å². The maximum atomic E-state index is 10.8. The molecule has 0 aliphatic heterocycles. The Hall–Kier alpha value is -2.14. The van der Waals surface area contributed by atoms with Gasteiger partial charge in [-0.15, -0.1) is 0 Å². The second kappa shape index (κ2) is 7.22. The average Bonchev–Trinajstić information content (AvgIpc) is 2.83. The van der Waals surface area contributed by atoms with Crippen molar-refractivity contribution in [3.63, 3.8) is 0 Å². The molecule has 0 amide bonds. The first-order valence-corrected chi connectivity index (χ1v) is 7.63. The van der Waals surface area contributed by atoms with Gasteiger partial charge in [-0.05, 0) is 30.5 Å². The summed E-state index contributed by atoms with van der Waals surface area (Å²) in [4.78, 5) is 10.8. The zero-order chi connectivity index (χ0) is 16.1. The van der Waals surface area contributed by atoms with E-state index in [1.54, 1.807) is 12.1 Å². The van der Waals surface area contributed by atoms with Crippen LogP contribution in [0.25, 0.3) is 0 Å². The largest absolute Gasteiger partial charge is 0.478 e. The molecule has 22 heavy (non-hydrogen) atoms. The molecule has 0 saturated carbocycles. The van der Waals surface area contributed by atoms with Gasteiger partial charge in [0.25, 0.3) is 0 Å². The third kappa shape index (κ3) is 3.54. The number of hydrogen-bond donors (Lipinski definition) is 2. The number of aryl methyl sites for hydroxylation is 2. The Labute approximate surface area is 131 Å². The van der Waals surface area contributed by atoms with Crippen molar-refractivity contribution in [1.29, 1.82) is 0 Å². The number of rotatable bonds is 7. The lowest BCUT2D eigenvalue weighted by Gasteiger charge is -2.08. The molecular formula is C17H23N3O2. The second-order valence-electron chi connectivity index (χ2n) is 5.31. The van der Waals surface area contributed by atoms with E-state index in [2.05, 4.69) is 24.3 Å². The summed E-state index contributed by atoms with van der Waals surface area (Å²) in [6, 6.07) is 6.97. The third-order valence-electron chi connectivity index (χ3n) is 3.86. The van der Waals surface area contributed by atoms with Gasteiger partial charge in [-0.25, -0.2) is 4.79 Å². The van der Waals surface area contributed by atoms with Crippen LogP contribution in [0, 0.1) is 0 Å². The molecule has 5 heteroatoms. The van der Waals surface area contributed by atoms with Crippen LogP contribution in [-0.2, 0) is 33.0 Å². The first-order chi connectivity index (χ1) is 10.6. The molecule has 5 nitrogen and oxygen atoms in total. The van der Waals surface area contributed by atoms with E-state index >= 15 is 0 Å². The predicted octanol–water partition coefficient (Wildman–Crippen LogP) is 2.53. The van der Waals surface area contributed by atoms with Crippen molar-refractivity contribution < 1.29 is 9.90 Å². The summed E-state index contributed by atoms with van der Waals surface area (Å²) in [6.07, 6.45) is 1.89. The minimum absolute atomic E-state index is 0.317. The fraction of sp³-hybridized carbons (Fsp3) is 0.412. The van der Waals surface area contributed by atoms with Crippen molar-refractivity contribution in [3.05, 3.63) is 52.3 Å². The lowest BCUT2D eigenvalue weighted by atomic mass is 10.1. The molecule has 1 aromatic heterocycles. The monoisotopic (exact) mass is 301 g/mol. The molecule has 0 saturated heterocycles. The molecule has 0 fully saturated rings. The number of nitrogens with one attached hydrogen (secondary N) is 1. The summed E-state index contributed by atoms with van der Waals surface area (Å²) in [6.45, 7) is 5.75. The van der Waals surface area contributed by atoms with E-state index in [0.29, 0.717) is 12.1 Å². The van der Waals surface area contributed by atoms with Crippen LogP contribution in [0.15, 0.2) is 24.3 Å². The lowest BCUT2D eigenvalue weighted by Crippen LogP contribution is -2.15. The van der Waals surface area contributed by atoms with Gasteiger partial charge in [-0.3, -0.25) is 4.68 Å². The van der Waals surface area contributed by atoms with E-state index in [0.717, 1.165) is 30.6 Å². The van der Waals surface area contributed by atoms with E-state index in [4.69, 9.17) is 5.11 Å². The molecule has 2 N–H and O–H groups in total. The summed E-state index contributed by atoms with van der Waals surface area (Å²) in [5.74, 6) is -0.893. The maximum absolute atomic E-state index is 10.8. The molecule has 0 aliphatic rings. The minimum atomic E-state index is -0.893. The van der Waals surface area contributed by atoms with Crippen molar-refractivity contribution in [2.45, 2.75) is 39.8 Å². The molecule has 0 radical (unpaired) electrons. The van der Waals surface area contributed by atoms with Gasteiger partial charge < -0.3 is 10.4 Å². The number of aromatic carboxylic acids is 1. The van der Waals surface area contributed by atoms with Crippen LogP contribution >= 0.6 is 0 Å². The Kier molecular flexibility index (Phi) is 5.33. The van der Waals surface area contributed by atoms with Gasteiger partial charge in [0, 0.05) is 31.4 Å². The zero-order valence-electron chi connectivity index (χ0n) is 13.4. The first-order valence-electron chi connectivity index (χ1n) is 7.63. The molecule has 118 valence electrons. The standard InChI is InChI=1S/C17H23N3O2/c1-4-15-14(16(5-2)20(3)19-15)11-18-10-12-6-8-13(9-7-12)17(21)22/h6-9,18H,4-5,10-11H2,1-3H3,(H,21,22). The minimum Gasteiger partial charge on any atom is -0.478 e. The number of benzene rings is 1. The number of carboxylic acids is 1. The van der Waals surface area contributed by atoms with E-state index in [1.165, 1.54) is 11.3 Å². The fourth-order valence-electron chi connectivity index (χ4n) is 2.69. The number of nitrogens with zero attached hydrogens (tertiary/aromatic N) is 2. The second-order valence-corrected chi connectivity index (χ2v) is 5.31. The van der Waals surface area contributed by atoms with Crippen LogP contribution in [-0.4, -0.2) is 20.9 Å². The quantitative estimate of drug-likeness (QED) is 0.824. The lowest BCUT2D eigenvalue weighted by molar-refractivity contribution is 0.0697. The van der Waals surface area contributed by atoms with E-state index in [1.807, 2.05) is 23.9 Å². The summed E-state index contributed by atoms with van der Waals surface area (Å²) < 4.78 is 1.97. The van der Waals surface area contributed by atoms with Gasteiger partial charge in [0.15, 0.2) is 0 Å². The van der Waals surface area contributed by atoms with Crippen molar-refractivity contribution in [3.8, 4) is 0 Å². The van der Waals surface area contributed by atoms with Gasteiger partial charge in [-0.1, -0.05) is 26.0 Å². The number of hydrogen-bond acceptors (Lipinski definition) is 3. The number of aromatic nitrogens is 2. The summed E-state index contributed by atoms with van der Waals surface area (Å²) >= 11 is 0. The van der Waals surface area contributed by atoms with Crippen LogP contribution in [0.3, 0.4) is 0 Å². The highest BCUT2D eigenvalue weighted by Crippen LogP contribution is 2.15. The van der Waals surface area contributed by atoms with Crippen LogP contribution in [0.4, 0.5) is 0 Å². The first kappa shape index (κ1) is 16.2. The van der Waals surface area contributed by atoms with Gasteiger partial charge in [0.05, 0.1) is 11.3 Å². The highest BCUT2D eigenvalue weighted by molar-refractivity contribution is 5.87. The molecule has 1 aromatic carbocycles. The average molecular weight is 301 g/mol. The molecule has 0 bridgehead atoms. The highest BCUT2D eigenvalue weighted by atomic mass is 16.4. The van der Waals surface area contributed by atoms with Crippen molar-refractivity contribution in [2.24, 2.45) is 7.05 Å². The number of carboxylic acid groups (broad SMARTS) is 1. The molecule has 0 aliphatic carbocycles. The Morgan fingerprint density at radius 2 is 1.86 bits per heavy atom. The van der Waals surface area contributed by atoms with Gasteiger partial charge in [-0.2, -0.15) is 5.10 Å². The summed E-state index contributed by atoms with van der Waals surface area (Å²) in [5.41, 5.74) is 5.09. The van der Waals surface area contributed by atoms with Gasteiger partial charge in [0.2, 0.25) is 0 Å². The van der Waals surface area contributed by atoms with Gasteiger partial charge >= 0.3 is 5.97 Å². The number of carbonyl (C=O) groups is 1. The van der Waals surface area contributed by atoms with Crippen LogP contribution in [0.5, 0.6) is 0 Å². The molecule has 1 heterocycles. The smallest absolute Gasteiger partial charge is 0.335 e. The normalized spacial score (nSPS) is 10.9. The van der Waals surface area contributed by atoms with Gasteiger partial charge in [0.1, 0.15) is 0 Å². The zero-order valence-corrected chi connectivity index (χ0v) is 13.4. The summed E-state index contributed by atoms with van der Waals surface area (Å²) in [7, 11) is 1.99. The highest BCUT2D eigenvalue weighted by Gasteiger charge is 2.12. The van der Waals surface area contributed by atoms with Crippen LogP contribution in [0.2, 0.25) is 0 Å². The Balaban J connectivity index is 2.00. The SMILES string of the molecule is CCc1nn(C)c(CC)c1CNCc1ccc(C(=O)O)cc1. The van der Waals surface area contributed by atoms with Crippen molar-refractivity contribution in [2.75, 3.05) is 0 Å². The summed E-state index contributed by atoms with van der Waals surface area (Å²) in [5, 5.41) is 16.9. The molecule has 0 unspecified atom stereocenters. The van der Waals surface area contributed by atoms with E-state index in [-0.39, 0.29) is 0 Å². The molecule has 0 spiro atoms. The van der Waals surface area contributed by atoms with E-state index < -0.39 is 5.97 Å². The Morgan fingerprint density at radius 3 is 2.41 bits per heavy atom. The molecule has 0 atom stereocenters. The maximum Gasteiger partial charge on any atom is 0.335 e.